The monoisotopic (exact) mass is 438 g/mol. The highest BCUT2D eigenvalue weighted by molar-refractivity contribution is 7.98. The van der Waals surface area contributed by atoms with Gasteiger partial charge in [-0.15, -0.1) is 11.8 Å². The molecule has 0 spiro atoms. The summed E-state index contributed by atoms with van der Waals surface area (Å²) in [4.78, 5) is 27.1. The van der Waals surface area contributed by atoms with E-state index in [1.807, 2.05) is 79.1 Å². The number of thioether (sulfide) groups is 1. The molecule has 2 N–H and O–H groups in total. The van der Waals surface area contributed by atoms with Crippen molar-refractivity contribution in [1.29, 1.82) is 0 Å². The number of fused-ring (bicyclic) bond motifs is 1. The van der Waals surface area contributed by atoms with Gasteiger partial charge in [0.15, 0.2) is 0 Å². The highest BCUT2D eigenvalue weighted by Crippen LogP contribution is 2.22. The van der Waals surface area contributed by atoms with Gasteiger partial charge in [0.2, 0.25) is 0 Å². The number of nitrogens with one attached hydrogen (secondary N) is 2. The average Bonchev–Trinajstić information content (AvgIpc) is 2.84. The Morgan fingerprint density at radius 1 is 0.812 bits per heavy atom. The van der Waals surface area contributed by atoms with Crippen LogP contribution >= 0.6 is 11.8 Å². The normalized spacial score (nSPS) is 11.2. The third-order valence-corrected chi connectivity index (χ3v) is 5.70. The van der Waals surface area contributed by atoms with Gasteiger partial charge in [-0.2, -0.15) is 0 Å². The zero-order valence-corrected chi connectivity index (χ0v) is 18.4. The molecule has 0 aliphatic carbocycles. The van der Waals surface area contributed by atoms with Gasteiger partial charge in [-0.25, -0.2) is 0 Å². The van der Waals surface area contributed by atoms with Gasteiger partial charge in [0, 0.05) is 16.1 Å². The van der Waals surface area contributed by atoms with Gasteiger partial charge >= 0.3 is 0 Å². The summed E-state index contributed by atoms with van der Waals surface area (Å²) < 4.78 is 0. The molecule has 0 radical (unpaired) electrons. The van der Waals surface area contributed by atoms with Crippen LogP contribution in [0.2, 0.25) is 0 Å². The molecule has 2 amide bonds. The van der Waals surface area contributed by atoms with Gasteiger partial charge < -0.3 is 10.6 Å². The number of anilines is 1. The minimum Gasteiger partial charge on any atom is -0.321 e. The fraction of sp³-hybridized carbons (Fsp3) is 0.0370. The third kappa shape index (κ3) is 5.07. The second kappa shape index (κ2) is 9.98. The molecule has 0 fully saturated rings. The van der Waals surface area contributed by atoms with Crippen LogP contribution in [0.5, 0.6) is 0 Å². The zero-order chi connectivity index (χ0) is 22.3. The molecule has 0 saturated heterocycles. The van der Waals surface area contributed by atoms with Crippen molar-refractivity contribution in [2.24, 2.45) is 0 Å². The first-order valence-electron chi connectivity index (χ1n) is 10.2. The van der Waals surface area contributed by atoms with E-state index in [9.17, 15) is 9.59 Å². The van der Waals surface area contributed by atoms with Crippen LogP contribution in [0.25, 0.3) is 16.8 Å². The van der Waals surface area contributed by atoms with Crippen molar-refractivity contribution in [2.45, 2.75) is 4.90 Å². The minimum atomic E-state index is -0.388. The van der Waals surface area contributed by atoms with Gasteiger partial charge in [-0.05, 0) is 59.0 Å². The maximum Gasteiger partial charge on any atom is 0.272 e. The summed E-state index contributed by atoms with van der Waals surface area (Å²) in [7, 11) is 0. The number of carbonyl (C=O) groups excluding carboxylic acids is 2. The Morgan fingerprint density at radius 3 is 2.34 bits per heavy atom. The van der Waals surface area contributed by atoms with Crippen LogP contribution < -0.4 is 10.6 Å². The topological polar surface area (TPSA) is 58.2 Å². The number of amides is 2. The van der Waals surface area contributed by atoms with E-state index in [0.717, 1.165) is 21.2 Å². The van der Waals surface area contributed by atoms with Gasteiger partial charge in [0.05, 0.1) is 0 Å². The Morgan fingerprint density at radius 2 is 1.53 bits per heavy atom. The van der Waals surface area contributed by atoms with Crippen LogP contribution in [-0.4, -0.2) is 18.1 Å². The van der Waals surface area contributed by atoms with E-state index in [1.165, 1.54) is 0 Å². The summed E-state index contributed by atoms with van der Waals surface area (Å²) in [5.41, 5.74) is 2.16. The molecular weight excluding hydrogens is 416 g/mol. The lowest BCUT2D eigenvalue weighted by atomic mass is 10.0. The number of hydrogen-bond acceptors (Lipinski definition) is 3. The predicted molar refractivity (Wildman–Crippen MR) is 133 cm³/mol. The van der Waals surface area contributed by atoms with Crippen molar-refractivity contribution in [3.63, 3.8) is 0 Å². The molecule has 0 bridgehead atoms. The summed E-state index contributed by atoms with van der Waals surface area (Å²) in [6, 6.07) is 30.3. The second-order valence-electron chi connectivity index (χ2n) is 7.13. The SMILES string of the molecule is CSc1cccc(NC(=O)/C(=C/c2cccc3ccccc23)NC(=O)c2ccccc2)c1. The van der Waals surface area contributed by atoms with E-state index in [-0.39, 0.29) is 17.5 Å². The summed E-state index contributed by atoms with van der Waals surface area (Å²) in [6.45, 7) is 0. The Labute approximate surface area is 191 Å². The first kappa shape index (κ1) is 21.4. The van der Waals surface area contributed by atoms with E-state index >= 15 is 0 Å². The van der Waals surface area contributed by atoms with Crippen LogP contribution in [0.1, 0.15) is 15.9 Å². The summed E-state index contributed by atoms with van der Waals surface area (Å²) in [5.74, 6) is -0.731. The molecule has 0 heterocycles. The molecule has 5 heteroatoms. The average molecular weight is 439 g/mol. The molecule has 4 aromatic carbocycles. The first-order chi connectivity index (χ1) is 15.6. The second-order valence-corrected chi connectivity index (χ2v) is 8.01. The summed E-state index contributed by atoms with van der Waals surface area (Å²) >= 11 is 1.59. The highest BCUT2D eigenvalue weighted by atomic mass is 32.2. The lowest BCUT2D eigenvalue weighted by molar-refractivity contribution is -0.113. The lowest BCUT2D eigenvalue weighted by Crippen LogP contribution is -2.30. The molecule has 0 atom stereocenters. The van der Waals surface area contributed by atoms with Crippen LogP contribution in [0.3, 0.4) is 0 Å². The van der Waals surface area contributed by atoms with E-state index < -0.39 is 0 Å². The fourth-order valence-corrected chi connectivity index (χ4v) is 3.83. The van der Waals surface area contributed by atoms with Crippen LogP contribution in [-0.2, 0) is 4.79 Å². The van der Waals surface area contributed by atoms with Crippen molar-refractivity contribution < 1.29 is 9.59 Å². The summed E-state index contributed by atoms with van der Waals surface area (Å²) in [6.07, 6.45) is 3.70. The molecule has 4 nitrogen and oxygen atoms in total. The van der Waals surface area contributed by atoms with Crippen molar-refractivity contribution in [1.82, 2.24) is 5.32 Å². The lowest BCUT2D eigenvalue weighted by Gasteiger charge is -2.12. The van der Waals surface area contributed by atoms with E-state index in [1.54, 1.807) is 42.1 Å². The van der Waals surface area contributed by atoms with Crippen molar-refractivity contribution >= 4 is 46.1 Å². The van der Waals surface area contributed by atoms with Crippen molar-refractivity contribution in [2.75, 3.05) is 11.6 Å². The van der Waals surface area contributed by atoms with Crippen LogP contribution in [0.4, 0.5) is 5.69 Å². The Balaban J connectivity index is 1.71. The maximum absolute atomic E-state index is 13.2. The standard InChI is InChI=1S/C27H22N2O2S/c1-32-23-15-8-14-22(18-23)28-27(31)25(29-26(30)20-10-3-2-4-11-20)17-21-13-7-12-19-9-5-6-16-24(19)21/h2-18H,1H3,(H,28,31)(H,29,30)/b25-17-. The third-order valence-electron chi connectivity index (χ3n) is 4.98. The van der Waals surface area contributed by atoms with Crippen LogP contribution in [0.15, 0.2) is 108 Å². The highest BCUT2D eigenvalue weighted by Gasteiger charge is 2.16. The van der Waals surface area contributed by atoms with Gasteiger partial charge in [0.25, 0.3) is 11.8 Å². The van der Waals surface area contributed by atoms with Crippen LogP contribution in [0, 0.1) is 0 Å². The Bertz CT molecular complexity index is 1290. The maximum atomic E-state index is 13.2. The summed E-state index contributed by atoms with van der Waals surface area (Å²) in [5, 5.41) is 7.76. The Kier molecular flexibility index (Phi) is 6.68. The van der Waals surface area contributed by atoms with E-state index in [4.69, 9.17) is 0 Å². The fourth-order valence-electron chi connectivity index (χ4n) is 3.37. The van der Waals surface area contributed by atoms with Crippen molar-refractivity contribution in [3.8, 4) is 0 Å². The molecular formula is C27H22N2O2S. The quantitative estimate of drug-likeness (QED) is 0.288. The molecule has 4 aromatic rings. The number of benzene rings is 4. The number of rotatable bonds is 6. The van der Waals surface area contributed by atoms with Gasteiger partial charge in [-0.1, -0.05) is 66.7 Å². The first-order valence-corrected chi connectivity index (χ1v) is 11.4. The molecule has 0 saturated carbocycles. The predicted octanol–water partition coefficient (Wildman–Crippen LogP) is 5.97. The van der Waals surface area contributed by atoms with Gasteiger partial charge in [0.1, 0.15) is 5.70 Å². The molecule has 0 aliphatic heterocycles. The molecule has 0 unspecified atom stereocenters. The minimum absolute atomic E-state index is 0.171. The molecule has 158 valence electrons. The van der Waals surface area contributed by atoms with E-state index in [2.05, 4.69) is 10.6 Å². The molecule has 4 rings (SSSR count). The largest absolute Gasteiger partial charge is 0.321 e. The number of carbonyl (C=O) groups is 2. The van der Waals surface area contributed by atoms with Crippen molar-refractivity contribution in [3.05, 3.63) is 114 Å². The van der Waals surface area contributed by atoms with E-state index in [0.29, 0.717) is 11.3 Å². The molecule has 0 aromatic heterocycles. The number of hydrogen-bond donors (Lipinski definition) is 2. The smallest absolute Gasteiger partial charge is 0.272 e. The Hall–Kier alpha value is -3.83. The zero-order valence-electron chi connectivity index (χ0n) is 17.5. The molecule has 0 aliphatic rings. The molecule has 32 heavy (non-hydrogen) atoms. The van der Waals surface area contributed by atoms with Gasteiger partial charge in [-0.3, -0.25) is 9.59 Å².